The number of aryl methyl sites for hydroxylation is 1. The number of carbonyl (C=O) groups is 1. The minimum Gasteiger partial charge on any atom is -0.497 e. The summed E-state index contributed by atoms with van der Waals surface area (Å²) >= 11 is 0. The third kappa shape index (κ3) is 5.82. The predicted octanol–water partition coefficient (Wildman–Crippen LogP) is 3.73. The summed E-state index contributed by atoms with van der Waals surface area (Å²) in [6, 6.07) is 9.32. The number of nitrogens with one attached hydrogen (secondary N) is 1. The van der Waals surface area contributed by atoms with E-state index in [0.29, 0.717) is 18.7 Å². The molecular weight excluding hydrogens is 302 g/mol. The summed E-state index contributed by atoms with van der Waals surface area (Å²) < 4.78 is 10.3. The number of hydrogen-bond donors (Lipinski definition) is 1. The van der Waals surface area contributed by atoms with E-state index in [0.717, 1.165) is 44.3 Å². The van der Waals surface area contributed by atoms with Gasteiger partial charge >= 0.3 is 5.97 Å². The van der Waals surface area contributed by atoms with Crippen molar-refractivity contribution in [1.29, 1.82) is 0 Å². The summed E-state index contributed by atoms with van der Waals surface area (Å²) in [5.74, 6) is 1.00. The maximum Gasteiger partial charge on any atom is 0.308 e. The van der Waals surface area contributed by atoms with Crippen molar-refractivity contribution in [2.75, 3.05) is 13.7 Å². The summed E-state index contributed by atoms with van der Waals surface area (Å²) in [6.45, 7) is 4.61. The van der Waals surface area contributed by atoms with Crippen LogP contribution >= 0.6 is 0 Å². The quantitative estimate of drug-likeness (QED) is 0.737. The Balaban J connectivity index is 1.67. The van der Waals surface area contributed by atoms with E-state index in [1.807, 2.05) is 19.1 Å². The van der Waals surface area contributed by atoms with E-state index in [4.69, 9.17) is 9.47 Å². The molecule has 1 unspecified atom stereocenters. The molecule has 1 aliphatic carbocycles. The molecule has 1 aliphatic rings. The Morgan fingerprint density at radius 2 is 1.88 bits per heavy atom. The second-order valence-electron chi connectivity index (χ2n) is 6.76. The number of methoxy groups -OCH3 is 1. The highest BCUT2D eigenvalue weighted by Crippen LogP contribution is 2.26. The molecule has 1 saturated carbocycles. The third-order valence-electron chi connectivity index (χ3n) is 4.89. The van der Waals surface area contributed by atoms with Gasteiger partial charge in [0.1, 0.15) is 5.75 Å². The van der Waals surface area contributed by atoms with Crippen LogP contribution in [0.25, 0.3) is 0 Å². The van der Waals surface area contributed by atoms with Crippen molar-refractivity contribution in [3.8, 4) is 5.75 Å². The maximum absolute atomic E-state index is 11.8. The summed E-state index contributed by atoms with van der Waals surface area (Å²) in [5.41, 5.74) is 1.34. The third-order valence-corrected chi connectivity index (χ3v) is 4.89. The summed E-state index contributed by atoms with van der Waals surface area (Å²) in [5, 5.41) is 3.73. The van der Waals surface area contributed by atoms with E-state index in [1.54, 1.807) is 7.11 Å². The van der Waals surface area contributed by atoms with Gasteiger partial charge in [0.25, 0.3) is 0 Å². The molecule has 4 nitrogen and oxygen atoms in total. The molecular formula is C20H31NO3. The highest BCUT2D eigenvalue weighted by atomic mass is 16.5. The zero-order valence-electron chi connectivity index (χ0n) is 15.2. The number of carbonyl (C=O) groups excluding carboxylic acids is 1. The molecule has 4 heteroatoms. The molecule has 0 heterocycles. The molecule has 0 amide bonds. The van der Waals surface area contributed by atoms with Crippen molar-refractivity contribution in [3.05, 3.63) is 29.8 Å². The summed E-state index contributed by atoms with van der Waals surface area (Å²) in [4.78, 5) is 11.8. The van der Waals surface area contributed by atoms with E-state index >= 15 is 0 Å². The molecule has 1 aromatic carbocycles. The molecule has 0 saturated heterocycles. The second kappa shape index (κ2) is 9.67. The molecule has 1 N–H and O–H groups in total. The Bertz CT molecular complexity index is 492. The van der Waals surface area contributed by atoms with Gasteiger partial charge in [-0.25, -0.2) is 0 Å². The van der Waals surface area contributed by atoms with E-state index in [1.165, 1.54) is 5.56 Å². The lowest BCUT2D eigenvalue weighted by Gasteiger charge is -2.30. The highest BCUT2D eigenvalue weighted by Gasteiger charge is 2.27. The Labute approximate surface area is 145 Å². The van der Waals surface area contributed by atoms with Crippen molar-refractivity contribution in [2.24, 2.45) is 5.92 Å². The first-order valence-electron chi connectivity index (χ1n) is 9.18. The first-order chi connectivity index (χ1) is 11.6. The van der Waals surface area contributed by atoms with Gasteiger partial charge in [-0.15, -0.1) is 0 Å². The Kier molecular flexibility index (Phi) is 7.57. The van der Waals surface area contributed by atoms with Crippen LogP contribution in [-0.2, 0) is 16.0 Å². The fourth-order valence-corrected chi connectivity index (χ4v) is 3.42. The molecule has 1 atom stereocenters. The van der Waals surface area contributed by atoms with Crippen molar-refractivity contribution in [3.63, 3.8) is 0 Å². The summed E-state index contributed by atoms with van der Waals surface area (Å²) in [7, 11) is 1.69. The van der Waals surface area contributed by atoms with Gasteiger partial charge in [0.2, 0.25) is 0 Å². The number of benzene rings is 1. The number of ether oxygens (including phenoxy) is 2. The minimum atomic E-state index is -0.0106. The molecule has 0 aromatic heterocycles. The Hall–Kier alpha value is -1.55. The molecule has 1 aromatic rings. The van der Waals surface area contributed by atoms with E-state index in [2.05, 4.69) is 24.4 Å². The van der Waals surface area contributed by atoms with Crippen LogP contribution in [0.1, 0.15) is 51.5 Å². The predicted molar refractivity (Wildman–Crippen MR) is 96.3 cm³/mol. The fourth-order valence-electron chi connectivity index (χ4n) is 3.42. The van der Waals surface area contributed by atoms with Gasteiger partial charge in [0.05, 0.1) is 19.6 Å². The van der Waals surface area contributed by atoms with Gasteiger partial charge in [-0.05, 0) is 70.1 Å². The van der Waals surface area contributed by atoms with Crippen LogP contribution in [0.4, 0.5) is 0 Å². The topological polar surface area (TPSA) is 47.6 Å². The number of rotatable bonds is 8. The molecule has 0 radical (unpaired) electrons. The van der Waals surface area contributed by atoms with Gasteiger partial charge in [-0.1, -0.05) is 12.1 Å². The van der Waals surface area contributed by atoms with E-state index < -0.39 is 0 Å². The SMILES string of the molecule is CCOC(=O)C1CCC(NC(C)CCc2ccc(OC)cc2)CC1. The van der Waals surface area contributed by atoms with E-state index in [-0.39, 0.29) is 11.9 Å². The highest BCUT2D eigenvalue weighted by molar-refractivity contribution is 5.72. The van der Waals surface area contributed by atoms with Crippen LogP contribution in [-0.4, -0.2) is 31.8 Å². The van der Waals surface area contributed by atoms with Crippen LogP contribution in [0, 0.1) is 5.92 Å². The van der Waals surface area contributed by atoms with Crippen LogP contribution in [0.5, 0.6) is 5.75 Å². The molecule has 0 bridgehead atoms. The Morgan fingerprint density at radius 3 is 2.46 bits per heavy atom. The smallest absolute Gasteiger partial charge is 0.308 e. The molecule has 0 aliphatic heterocycles. The largest absolute Gasteiger partial charge is 0.497 e. The first kappa shape index (κ1) is 18.8. The zero-order chi connectivity index (χ0) is 17.4. The normalized spacial score (nSPS) is 22.0. The molecule has 2 rings (SSSR count). The molecule has 134 valence electrons. The van der Waals surface area contributed by atoms with Crippen LogP contribution < -0.4 is 10.1 Å². The van der Waals surface area contributed by atoms with Crippen molar-refractivity contribution < 1.29 is 14.3 Å². The number of hydrogen-bond acceptors (Lipinski definition) is 4. The average Bonchev–Trinajstić information content (AvgIpc) is 2.61. The zero-order valence-corrected chi connectivity index (χ0v) is 15.2. The van der Waals surface area contributed by atoms with Crippen molar-refractivity contribution in [1.82, 2.24) is 5.32 Å². The molecule has 24 heavy (non-hydrogen) atoms. The van der Waals surface area contributed by atoms with Gasteiger partial charge in [0, 0.05) is 12.1 Å². The van der Waals surface area contributed by atoms with Gasteiger partial charge in [0.15, 0.2) is 0 Å². The lowest BCUT2D eigenvalue weighted by atomic mass is 9.85. The summed E-state index contributed by atoms with van der Waals surface area (Å²) in [6.07, 6.45) is 6.20. The van der Waals surface area contributed by atoms with Gasteiger partial charge in [-0.3, -0.25) is 4.79 Å². The Morgan fingerprint density at radius 1 is 1.21 bits per heavy atom. The average molecular weight is 333 g/mol. The van der Waals surface area contributed by atoms with Crippen LogP contribution in [0.3, 0.4) is 0 Å². The number of esters is 1. The lowest BCUT2D eigenvalue weighted by Crippen LogP contribution is -2.40. The lowest BCUT2D eigenvalue weighted by molar-refractivity contribution is -0.149. The van der Waals surface area contributed by atoms with E-state index in [9.17, 15) is 4.79 Å². The van der Waals surface area contributed by atoms with Crippen molar-refractivity contribution >= 4 is 5.97 Å². The monoisotopic (exact) mass is 333 g/mol. The molecule has 1 fully saturated rings. The first-order valence-corrected chi connectivity index (χ1v) is 9.18. The minimum absolute atomic E-state index is 0.0106. The second-order valence-corrected chi connectivity index (χ2v) is 6.76. The van der Waals surface area contributed by atoms with Crippen LogP contribution in [0.2, 0.25) is 0 Å². The molecule has 0 spiro atoms. The maximum atomic E-state index is 11.8. The van der Waals surface area contributed by atoms with Gasteiger partial charge < -0.3 is 14.8 Å². The standard InChI is InChI=1S/C20H31NO3/c1-4-24-20(22)17-9-11-18(12-10-17)21-15(2)5-6-16-7-13-19(23-3)14-8-16/h7-8,13-15,17-18,21H,4-6,9-12H2,1-3H3. The van der Waals surface area contributed by atoms with Crippen molar-refractivity contribution in [2.45, 2.75) is 64.5 Å². The van der Waals surface area contributed by atoms with Gasteiger partial charge in [-0.2, -0.15) is 0 Å². The van der Waals surface area contributed by atoms with Crippen LogP contribution in [0.15, 0.2) is 24.3 Å². The fraction of sp³-hybridized carbons (Fsp3) is 0.650.